The number of morpholine rings is 1. The maximum absolute atomic E-state index is 13.0. The summed E-state index contributed by atoms with van der Waals surface area (Å²) in [6.45, 7) is 3.57. The highest BCUT2D eigenvalue weighted by molar-refractivity contribution is 6.07. The summed E-state index contributed by atoms with van der Waals surface area (Å²) in [6, 6.07) is 8.51. The van der Waals surface area contributed by atoms with Crippen LogP contribution in [0.1, 0.15) is 22.8 Å². The van der Waals surface area contributed by atoms with Crippen LogP contribution in [0.15, 0.2) is 48.9 Å². The summed E-state index contributed by atoms with van der Waals surface area (Å²) in [4.78, 5) is 27.7. The third-order valence-corrected chi connectivity index (χ3v) is 5.43. The van der Waals surface area contributed by atoms with E-state index in [4.69, 9.17) is 14.9 Å². The Morgan fingerprint density at radius 3 is 2.59 bits per heavy atom. The Labute approximate surface area is 197 Å². The van der Waals surface area contributed by atoms with Gasteiger partial charge in [0.25, 0.3) is 5.91 Å². The fourth-order valence-electron chi connectivity index (χ4n) is 3.53. The summed E-state index contributed by atoms with van der Waals surface area (Å²) in [5, 5.41) is 21.3. The number of benzene rings is 1. The maximum Gasteiger partial charge on any atom is 0.254 e. The zero-order valence-corrected chi connectivity index (χ0v) is 19.0. The quantitative estimate of drug-likeness (QED) is 0.456. The van der Waals surface area contributed by atoms with Gasteiger partial charge in [-0.1, -0.05) is 6.07 Å². The zero-order chi connectivity index (χ0) is 24.1. The molecule has 10 nitrogen and oxygen atoms in total. The average molecular weight is 463 g/mol. The number of aliphatic hydroxyl groups is 1. The zero-order valence-electron chi connectivity index (χ0n) is 19.0. The third kappa shape index (κ3) is 5.19. The Balaban J connectivity index is 1.62. The molecule has 1 fully saturated rings. The number of carbonyl (C=O) groups is 1. The summed E-state index contributed by atoms with van der Waals surface area (Å²) in [5.41, 5.74) is 2.76. The van der Waals surface area contributed by atoms with Gasteiger partial charge in [-0.3, -0.25) is 9.78 Å². The van der Waals surface area contributed by atoms with Gasteiger partial charge in [-0.2, -0.15) is 0 Å². The van der Waals surface area contributed by atoms with Crippen molar-refractivity contribution in [3.63, 3.8) is 0 Å². The number of nitrogens with one attached hydrogen (secondary N) is 2. The van der Waals surface area contributed by atoms with Gasteiger partial charge in [-0.25, -0.2) is 9.97 Å². The fraction of sp³-hybridized carbons (Fsp3) is 0.292. The Bertz CT molecular complexity index is 1180. The van der Waals surface area contributed by atoms with Gasteiger partial charge >= 0.3 is 0 Å². The first-order valence-electron chi connectivity index (χ1n) is 10.8. The van der Waals surface area contributed by atoms with Crippen molar-refractivity contribution in [2.75, 3.05) is 38.7 Å². The van der Waals surface area contributed by atoms with E-state index in [0.717, 1.165) is 0 Å². The molecule has 0 spiro atoms. The predicted octanol–water partition coefficient (Wildman–Crippen LogP) is 2.51. The molecule has 3 aromatic rings. The molecule has 1 aromatic carbocycles. The summed E-state index contributed by atoms with van der Waals surface area (Å²) < 4.78 is 10.6. The molecule has 3 N–H and O–H groups in total. The second-order valence-electron chi connectivity index (χ2n) is 7.76. The molecule has 3 heterocycles. The topological polar surface area (TPSA) is 134 Å². The van der Waals surface area contributed by atoms with E-state index >= 15 is 0 Å². The van der Waals surface area contributed by atoms with E-state index in [2.05, 4.69) is 20.3 Å². The summed E-state index contributed by atoms with van der Waals surface area (Å²) in [7, 11) is 1.59. The normalized spacial score (nSPS) is 14.4. The predicted molar refractivity (Wildman–Crippen MR) is 127 cm³/mol. The first kappa shape index (κ1) is 23.3. The lowest BCUT2D eigenvalue weighted by Crippen LogP contribution is -2.40. The highest BCUT2D eigenvalue weighted by atomic mass is 16.5. The number of ether oxygens (including phenoxy) is 2. The second-order valence-corrected chi connectivity index (χ2v) is 7.76. The van der Waals surface area contributed by atoms with Crippen LogP contribution in [0.25, 0.3) is 11.3 Å². The van der Waals surface area contributed by atoms with Gasteiger partial charge in [-0.15, -0.1) is 0 Å². The lowest BCUT2D eigenvalue weighted by atomic mass is 10.0. The number of hydrogen-bond donors (Lipinski definition) is 3. The molecule has 1 aliphatic rings. The van der Waals surface area contributed by atoms with E-state index in [9.17, 15) is 9.90 Å². The van der Waals surface area contributed by atoms with E-state index in [1.807, 2.05) is 0 Å². The van der Waals surface area contributed by atoms with Crippen molar-refractivity contribution in [3.8, 4) is 17.0 Å². The molecule has 0 aliphatic carbocycles. The van der Waals surface area contributed by atoms with Crippen LogP contribution in [-0.2, 0) is 4.74 Å². The molecule has 34 heavy (non-hydrogen) atoms. The van der Waals surface area contributed by atoms with E-state index in [0.29, 0.717) is 60.1 Å². The molecular weight excluding hydrogens is 436 g/mol. The number of hydrogen-bond acceptors (Lipinski definition) is 9. The minimum atomic E-state index is -0.983. The Morgan fingerprint density at radius 2 is 1.91 bits per heavy atom. The number of methoxy groups -OCH3 is 1. The van der Waals surface area contributed by atoms with Crippen LogP contribution in [-0.4, -0.2) is 76.1 Å². The van der Waals surface area contributed by atoms with Gasteiger partial charge in [0.2, 0.25) is 5.95 Å². The maximum atomic E-state index is 13.0. The van der Waals surface area contributed by atoms with E-state index in [1.54, 1.807) is 60.9 Å². The van der Waals surface area contributed by atoms with Crippen LogP contribution in [0.5, 0.6) is 5.75 Å². The summed E-state index contributed by atoms with van der Waals surface area (Å²) >= 11 is 0. The van der Waals surface area contributed by atoms with Crippen molar-refractivity contribution in [3.05, 3.63) is 60.0 Å². The number of rotatable bonds is 7. The highest BCUT2D eigenvalue weighted by Gasteiger charge is 2.21. The van der Waals surface area contributed by atoms with Crippen molar-refractivity contribution in [1.29, 1.82) is 5.41 Å². The van der Waals surface area contributed by atoms with Crippen molar-refractivity contribution < 1.29 is 19.4 Å². The molecule has 1 amide bonds. The molecule has 1 aliphatic heterocycles. The smallest absolute Gasteiger partial charge is 0.254 e. The van der Waals surface area contributed by atoms with Crippen LogP contribution in [0.4, 0.5) is 11.6 Å². The lowest BCUT2D eigenvalue weighted by molar-refractivity contribution is 0.0303. The summed E-state index contributed by atoms with van der Waals surface area (Å²) in [6.07, 6.45) is 3.91. The molecule has 0 radical (unpaired) electrons. The average Bonchev–Trinajstić information content (AvgIpc) is 2.88. The number of aliphatic hydroxyl groups excluding tert-OH is 1. The number of carbonyl (C=O) groups excluding carboxylic acids is 1. The van der Waals surface area contributed by atoms with Gasteiger partial charge in [0.1, 0.15) is 5.75 Å². The largest absolute Gasteiger partial charge is 0.497 e. The molecule has 10 heteroatoms. The minimum absolute atomic E-state index is 0.0186. The van der Waals surface area contributed by atoms with Gasteiger partial charge < -0.3 is 30.2 Å². The van der Waals surface area contributed by atoms with E-state index < -0.39 is 6.10 Å². The number of pyridine rings is 1. The highest BCUT2D eigenvalue weighted by Crippen LogP contribution is 2.25. The monoisotopic (exact) mass is 462 g/mol. The first-order valence-corrected chi connectivity index (χ1v) is 10.8. The van der Waals surface area contributed by atoms with E-state index in [-0.39, 0.29) is 17.6 Å². The van der Waals surface area contributed by atoms with Crippen LogP contribution < -0.4 is 10.1 Å². The molecule has 1 saturated heterocycles. The number of aromatic nitrogens is 3. The molecule has 1 atom stereocenters. The Morgan fingerprint density at radius 1 is 1.18 bits per heavy atom. The number of nitrogens with zero attached hydrogens (tertiary/aromatic N) is 4. The molecule has 4 rings (SSSR count). The standard InChI is InChI=1S/C24H26N6O4/c1-15(31)22(25)19-4-3-16(23(32)30-7-9-34-10-8-30)11-21(19)29-24-27-13-17(14-28-24)20-12-18(33-2)5-6-26-20/h3-6,11-15,25,31H,7-10H2,1-2H3,(H,27,28,29). The Kier molecular flexibility index (Phi) is 7.09. The number of amides is 1. The Hall–Kier alpha value is -3.89. The van der Waals surface area contributed by atoms with Gasteiger partial charge in [0.05, 0.1) is 43.5 Å². The first-order chi connectivity index (χ1) is 16.5. The molecule has 0 saturated carbocycles. The van der Waals surface area contributed by atoms with E-state index in [1.165, 1.54) is 6.92 Å². The van der Waals surface area contributed by atoms with Crippen molar-refractivity contribution in [2.45, 2.75) is 13.0 Å². The van der Waals surface area contributed by atoms with Gasteiger partial charge in [0.15, 0.2) is 0 Å². The molecule has 176 valence electrons. The number of anilines is 2. The third-order valence-electron chi connectivity index (χ3n) is 5.43. The van der Waals surface area contributed by atoms with Crippen molar-refractivity contribution in [1.82, 2.24) is 19.9 Å². The summed E-state index contributed by atoms with van der Waals surface area (Å²) in [5.74, 6) is 0.833. The molecular formula is C24H26N6O4. The van der Waals surface area contributed by atoms with Crippen LogP contribution in [0.2, 0.25) is 0 Å². The van der Waals surface area contributed by atoms with Gasteiger partial charge in [0, 0.05) is 54.4 Å². The fourth-order valence-corrected chi connectivity index (χ4v) is 3.53. The van der Waals surface area contributed by atoms with Crippen LogP contribution in [0.3, 0.4) is 0 Å². The lowest BCUT2D eigenvalue weighted by Gasteiger charge is -2.27. The molecule has 2 aromatic heterocycles. The SMILES string of the molecule is COc1ccnc(-c2cnc(Nc3cc(C(=O)N4CCOCC4)ccc3C(=N)C(C)O)nc2)c1. The molecule has 0 bridgehead atoms. The van der Waals surface area contributed by atoms with Crippen LogP contribution >= 0.6 is 0 Å². The minimum Gasteiger partial charge on any atom is -0.497 e. The molecule has 1 unspecified atom stereocenters. The van der Waals surface area contributed by atoms with Crippen LogP contribution in [0, 0.1) is 5.41 Å². The van der Waals surface area contributed by atoms with Crippen molar-refractivity contribution in [2.24, 2.45) is 0 Å². The van der Waals surface area contributed by atoms with Crippen molar-refractivity contribution >= 4 is 23.3 Å². The second kappa shape index (κ2) is 10.4. The van der Waals surface area contributed by atoms with Gasteiger partial charge in [-0.05, 0) is 25.1 Å².